The summed E-state index contributed by atoms with van der Waals surface area (Å²) < 4.78 is 0. The topological polar surface area (TPSA) is 0 Å². The third-order valence-corrected chi connectivity index (χ3v) is 10.9. The highest BCUT2D eigenvalue weighted by Crippen LogP contribution is 2.46. The second kappa shape index (κ2) is 4.53. The molecule has 0 aliphatic carbocycles. The van der Waals surface area contributed by atoms with Crippen LogP contribution in [0.5, 0.6) is 0 Å². The Hall–Kier alpha value is 1.73. The summed E-state index contributed by atoms with van der Waals surface area (Å²) in [5, 5.41) is 0.654. The number of hydrogen-bond acceptors (Lipinski definition) is 0. The molecule has 38 valence electrons. The Morgan fingerprint density at radius 1 is 1.00 bits per heavy atom. The summed E-state index contributed by atoms with van der Waals surface area (Å²) in [6.07, 6.45) is 0. The molecule has 0 rings (SSSR count). The molecule has 0 spiro atoms. The van der Waals surface area contributed by atoms with Crippen molar-refractivity contribution < 1.29 is 0 Å². The third kappa shape index (κ3) is 3.70. The van der Waals surface area contributed by atoms with Gasteiger partial charge in [-0.1, -0.05) is 6.92 Å². The fourth-order valence-electron chi connectivity index (χ4n) is 0.115. The van der Waals surface area contributed by atoms with Crippen molar-refractivity contribution in [1.29, 1.82) is 0 Å². The maximum Gasteiger partial charge on any atom is 0.0597 e. The van der Waals surface area contributed by atoms with Crippen molar-refractivity contribution in [2.75, 3.05) is 0 Å². The molecule has 0 amide bonds. The predicted molar refractivity (Wildman–Crippen MR) is 46.3 cm³/mol. The molecule has 0 heterocycles. The van der Waals surface area contributed by atoms with Crippen LogP contribution >= 0.6 is 14.0 Å². The van der Waals surface area contributed by atoms with Crippen LogP contribution in [0.25, 0.3) is 0 Å². The van der Waals surface area contributed by atoms with Crippen molar-refractivity contribution in [3.63, 3.8) is 0 Å². The zero-order chi connectivity index (χ0) is 6.73. The Kier molecular flexibility index (Phi) is 5.51. The summed E-state index contributed by atoms with van der Waals surface area (Å²) in [4.78, 5) is 0. The van der Waals surface area contributed by atoms with E-state index in [0.29, 0.717) is 5.40 Å². The van der Waals surface area contributed by atoms with Crippen molar-refractivity contribution in [3.8, 4) is 0 Å². The van der Waals surface area contributed by atoms with E-state index in [1.807, 2.05) is 0 Å². The lowest BCUT2D eigenvalue weighted by Crippen LogP contribution is -1.96. The smallest absolute Gasteiger partial charge is 0.0597 e. The van der Waals surface area contributed by atoms with Crippen LogP contribution in [0.4, 0.5) is 0 Å². The van der Waals surface area contributed by atoms with Crippen LogP contribution in [-0.2, 0) is 0 Å². The molecule has 12 radical (unpaired) electrons. The van der Waals surface area contributed by atoms with E-state index in [9.17, 15) is 0 Å². The molecule has 0 aromatic heterocycles. The van der Waals surface area contributed by atoms with E-state index in [0.717, 1.165) is 0 Å². The molecule has 0 N–H and O–H groups in total. The van der Waals surface area contributed by atoms with Crippen LogP contribution in [0.3, 0.4) is 0 Å². The average molecular weight is 202 g/mol. The Morgan fingerprint density at radius 2 is 1.25 bits per heavy atom. The monoisotopic (exact) mass is 202 g/mol. The highest BCUT2D eigenvalue weighted by atomic mass is 31.6. The van der Waals surface area contributed by atoms with E-state index in [4.69, 9.17) is 0 Å². The first-order valence-corrected chi connectivity index (χ1v) is 10.2. The second-order valence-corrected chi connectivity index (χ2v) is 13.3. The Morgan fingerprint density at radius 3 is 1.25 bits per heavy atom. The second-order valence-electron chi connectivity index (χ2n) is 1.37. The number of rotatable bonds is 2. The maximum absolute atomic E-state index is 3.52. The summed E-state index contributed by atoms with van der Waals surface area (Å²) in [5.74, 6) is 0. The molecular formula is C2H4P2Si4. The van der Waals surface area contributed by atoms with Gasteiger partial charge in [0.15, 0.2) is 0 Å². The van der Waals surface area contributed by atoms with Gasteiger partial charge < -0.3 is 0 Å². The van der Waals surface area contributed by atoms with Gasteiger partial charge in [0.1, 0.15) is 0 Å². The molecule has 6 heteroatoms. The SMILES string of the molecule is CC(P([Si])[Si])P([Si])[Si]. The van der Waals surface area contributed by atoms with Crippen LogP contribution in [0.2, 0.25) is 0 Å². The third-order valence-electron chi connectivity index (χ3n) is 0.747. The van der Waals surface area contributed by atoms with Crippen molar-refractivity contribution in [3.05, 3.63) is 0 Å². The zero-order valence-electron chi connectivity index (χ0n) is 4.47. The highest BCUT2D eigenvalue weighted by molar-refractivity contribution is 8.14. The fourth-order valence-corrected chi connectivity index (χ4v) is 9.35. The Labute approximate surface area is 66.2 Å². The van der Waals surface area contributed by atoms with Gasteiger partial charge in [0.25, 0.3) is 0 Å². The van der Waals surface area contributed by atoms with Crippen LogP contribution < -0.4 is 0 Å². The fraction of sp³-hybridized carbons (Fsp3) is 1.00. The van der Waals surface area contributed by atoms with Gasteiger partial charge in [-0.05, 0) is 5.40 Å². The highest BCUT2D eigenvalue weighted by Gasteiger charge is 2.08. The largest absolute Gasteiger partial charge is 0.137 e. The van der Waals surface area contributed by atoms with Crippen LogP contribution in [-0.4, -0.2) is 45.0 Å². The lowest BCUT2D eigenvalue weighted by molar-refractivity contribution is 1.42. The Bertz CT molecular complexity index is 57.1. The van der Waals surface area contributed by atoms with Crippen LogP contribution in [0.15, 0.2) is 0 Å². The molecule has 0 atom stereocenters. The summed E-state index contributed by atoms with van der Waals surface area (Å²) in [5.41, 5.74) is 0. The lowest BCUT2D eigenvalue weighted by atomic mass is 11.0. The van der Waals surface area contributed by atoms with E-state index in [1.54, 1.807) is 0 Å². The summed E-state index contributed by atoms with van der Waals surface area (Å²) in [6, 6.07) is 0. The van der Waals surface area contributed by atoms with E-state index in [2.05, 4.69) is 46.6 Å². The molecule has 0 unspecified atom stereocenters. The van der Waals surface area contributed by atoms with Crippen molar-refractivity contribution >= 4 is 53.7 Å². The molecule has 0 aliphatic rings. The summed E-state index contributed by atoms with van der Waals surface area (Å²) >= 11 is 0. The molecule has 0 fully saturated rings. The molecule has 0 aliphatic heterocycles. The van der Waals surface area contributed by atoms with Gasteiger partial charge in [-0.25, -0.2) is 0 Å². The maximum atomic E-state index is 3.52. The molecule has 0 aromatic rings. The van der Waals surface area contributed by atoms with Gasteiger partial charge in [-0.3, -0.25) is 0 Å². The minimum Gasteiger partial charge on any atom is -0.137 e. The van der Waals surface area contributed by atoms with E-state index >= 15 is 0 Å². The van der Waals surface area contributed by atoms with Gasteiger partial charge in [0.05, 0.1) is 39.6 Å². The van der Waals surface area contributed by atoms with Gasteiger partial charge in [0.2, 0.25) is 0 Å². The first-order chi connectivity index (χ1) is 3.55. The predicted octanol–water partition coefficient (Wildman–Crippen LogP) is 0.630. The zero-order valence-corrected chi connectivity index (χ0v) is 10.3. The van der Waals surface area contributed by atoms with Crippen LogP contribution in [0, 0.1) is 0 Å². The average Bonchev–Trinajstić information content (AvgIpc) is 1.64. The molecule has 0 aromatic carbocycles. The molecule has 0 bridgehead atoms. The molecule has 0 saturated carbocycles. The molecule has 8 heavy (non-hydrogen) atoms. The normalized spacial score (nSPS) is 12.0. The van der Waals surface area contributed by atoms with Crippen molar-refractivity contribution in [1.82, 2.24) is 0 Å². The summed E-state index contributed by atoms with van der Waals surface area (Å²) in [7, 11) is 13.8. The van der Waals surface area contributed by atoms with Gasteiger partial charge >= 0.3 is 0 Å². The van der Waals surface area contributed by atoms with Gasteiger partial charge in [-0.2, -0.15) is 0 Å². The lowest BCUT2D eigenvalue weighted by Gasteiger charge is -2.19. The van der Waals surface area contributed by atoms with E-state index in [1.165, 1.54) is 0 Å². The summed E-state index contributed by atoms with van der Waals surface area (Å²) in [6.45, 7) is 2.18. The molecular weight excluding hydrogens is 198 g/mol. The van der Waals surface area contributed by atoms with E-state index < -0.39 is 0 Å². The van der Waals surface area contributed by atoms with Crippen molar-refractivity contribution in [2.45, 2.75) is 12.3 Å². The first kappa shape index (κ1) is 9.73. The minimum absolute atomic E-state index is 0.158. The minimum atomic E-state index is -0.158. The quantitative estimate of drug-likeness (QED) is 0.455. The first-order valence-electron chi connectivity index (χ1n) is 1.99. The van der Waals surface area contributed by atoms with Gasteiger partial charge in [-0.15, -0.1) is 14.0 Å². The number of hydrogen-bond donors (Lipinski definition) is 0. The standard InChI is InChI=1S/C2H4P2Si4/c1-2(3(5)6)4(7)8/h2H,1H3. The van der Waals surface area contributed by atoms with E-state index in [-0.39, 0.29) is 14.0 Å². The van der Waals surface area contributed by atoms with Gasteiger partial charge in [0, 0.05) is 0 Å². The molecule has 0 saturated heterocycles. The van der Waals surface area contributed by atoms with Crippen molar-refractivity contribution in [2.24, 2.45) is 0 Å². The van der Waals surface area contributed by atoms with Crippen LogP contribution in [0.1, 0.15) is 6.92 Å². The Balaban J connectivity index is 3.46. The molecule has 0 nitrogen and oxygen atoms in total.